The Labute approximate surface area is 206 Å². The molecule has 4 saturated carbocycles. The van der Waals surface area contributed by atoms with Crippen molar-refractivity contribution in [3.63, 3.8) is 0 Å². The average Bonchev–Trinajstić information content (AvgIpc) is 3.58. The normalized spacial score (nSPS) is 46.7. The molecule has 1 aromatic heterocycles. The Morgan fingerprint density at radius 2 is 1.88 bits per heavy atom. The lowest BCUT2D eigenvalue weighted by Gasteiger charge is -2.63. The van der Waals surface area contributed by atoms with Crippen LogP contribution in [0.5, 0.6) is 0 Å². The number of nitrogens with zero attached hydrogens (tertiary/aromatic N) is 1. The smallest absolute Gasteiger partial charge is 0.0937 e. The van der Waals surface area contributed by atoms with Crippen LogP contribution in [0.4, 0.5) is 0 Å². The molecular weight excluding hydrogens is 422 g/mol. The number of likely N-dealkylation sites (tertiary alicyclic amines) is 1. The molecular formula is C30H47NO3. The predicted molar refractivity (Wildman–Crippen MR) is 135 cm³/mol. The molecule has 8 atom stereocenters. The fourth-order valence-electron chi connectivity index (χ4n) is 9.89. The zero-order chi connectivity index (χ0) is 23.4. The van der Waals surface area contributed by atoms with Gasteiger partial charge in [-0.25, -0.2) is 0 Å². The molecule has 34 heavy (non-hydrogen) atoms. The molecule has 1 saturated heterocycles. The third-order valence-electron chi connectivity index (χ3n) is 11.9. The quantitative estimate of drug-likeness (QED) is 0.490. The van der Waals surface area contributed by atoms with Crippen molar-refractivity contribution >= 4 is 0 Å². The topological polar surface area (TPSA) is 45.8 Å². The van der Waals surface area contributed by atoms with E-state index in [9.17, 15) is 5.11 Å². The van der Waals surface area contributed by atoms with Crippen molar-refractivity contribution in [3.05, 3.63) is 24.2 Å². The summed E-state index contributed by atoms with van der Waals surface area (Å²) in [7, 11) is 0. The van der Waals surface area contributed by atoms with Crippen LogP contribution in [0.15, 0.2) is 23.0 Å². The van der Waals surface area contributed by atoms with Crippen molar-refractivity contribution in [1.82, 2.24) is 4.90 Å². The number of hydrogen-bond donors (Lipinski definition) is 1. The minimum atomic E-state index is -0.519. The lowest BCUT2D eigenvalue weighted by atomic mass is 9.43. The summed E-state index contributed by atoms with van der Waals surface area (Å²) < 4.78 is 11.9. The molecule has 2 heterocycles. The minimum Gasteiger partial charge on any atom is -0.472 e. The van der Waals surface area contributed by atoms with Gasteiger partial charge in [-0.3, -0.25) is 0 Å². The standard InChI is InChI=1S/C30H47NO3/c1-28-12-8-24(34-18-5-17-31-15-3-4-16-31)20-23(28)6-7-27-26(28)9-13-29(2)25(10-14-30(27,29)32)22-11-19-33-21-22/h11,19,21,23-27,32H,3-10,12-18,20H2,1-2H3/t23-,24+,25-,26+,27-,28+,29-,30+/m1/s1. The molecule has 0 amide bonds. The van der Waals surface area contributed by atoms with Crippen LogP contribution in [0.1, 0.15) is 102 Å². The van der Waals surface area contributed by atoms with E-state index in [1.54, 1.807) is 6.26 Å². The van der Waals surface area contributed by atoms with E-state index in [4.69, 9.17) is 9.15 Å². The van der Waals surface area contributed by atoms with Crippen LogP contribution in [-0.4, -0.2) is 48.0 Å². The van der Waals surface area contributed by atoms with Gasteiger partial charge in [-0.05, 0) is 131 Å². The van der Waals surface area contributed by atoms with Gasteiger partial charge >= 0.3 is 0 Å². The lowest BCUT2D eigenvalue weighted by molar-refractivity contribution is -0.207. The molecule has 1 aromatic rings. The highest BCUT2D eigenvalue weighted by Crippen LogP contribution is 2.70. The summed E-state index contributed by atoms with van der Waals surface area (Å²) in [5, 5.41) is 12.4. The highest BCUT2D eigenvalue weighted by molar-refractivity contribution is 5.26. The second kappa shape index (κ2) is 8.92. The molecule has 5 fully saturated rings. The van der Waals surface area contributed by atoms with Crippen molar-refractivity contribution in [3.8, 4) is 0 Å². The van der Waals surface area contributed by atoms with E-state index in [2.05, 4.69) is 24.8 Å². The summed E-state index contributed by atoms with van der Waals surface area (Å²) in [6, 6.07) is 2.14. The maximum Gasteiger partial charge on any atom is 0.0937 e. The second-order valence-corrected chi connectivity index (χ2v) is 13.2. The van der Waals surface area contributed by atoms with Crippen molar-refractivity contribution in [2.24, 2.45) is 28.6 Å². The Balaban J connectivity index is 1.10. The zero-order valence-electron chi connectivity index (χ0n) is 21.6. The molecule has 5 aliphatic rings. The Hall–Kier alpha value is -0.840. The van der Waals surface area contributed by atoms with Crippen LogP contribution in [0.25, 0.3) is 0 Å². The second-order valence-electron chi connectivity index (χ2n) is 13.2. The van der Waals surface area contributed by atoms with Crippen molar-refractivity contribution < 1.29 is 14.3 Å². The van der Waals surface area contributed by atoms with E-state index in [1.807, 2.05) is 6.26 Å². The molecule has 0 spiro atoms. The number of rotatable bonds is 6. The van der Waals surface area contributed by atoms with Crippen molar-refractivity contribution in [2.75, 3.05) is 26.2 Å². The van der Waals surface area contributed by atoms with E-state index >= 15 is 0 Å². The maximum atomic E-state index is 12.4. The number of ether oxygens (including phenoxy) is 1. The van der Waals surface area contributed by atoms with Crippen LogP contribution in [-0.2, 0) is 4.74 Å². The van der Waals surface area contributed by atoms with Crippen LogP contribution in [0, 0.1) is 28.6 Å². The maximum absolute atomic E-state index is 12.4. The SMILES string of the molecule is C[C@]12CC[C@H](OCCCN3CCCC3)C[C@H]1CC[C@@H]1[C@@H]2CC[C@]2(C)[C@@H](c3ccoc3)CC[C@]12O. The first-order valence-electron chi connectivity index (χ1n) is 14.5. The van der Waals surface area contributed by atoms with Gasteiger partial charge in [0.05, 0.1) is 24.2 Å². The molecule has 1 aliphatic heterocycles. The highest BCUT2D eigenvalue weighted by atomic mass is 16.5. The fraction of sp³-hybridized carbons (Fsp3) is 0.867. The monoisotopic (exact) mass is 469 g/mol. The minimum absolute atomic E-state index is 0.0170. The molecule has 0 radical (unpaired) electrons. The third-order valence-corrected chi connectivity index (χ3v) is 11.9. The van der Waals surface area contributed by atoms with Gasteiger partial charge in [0.15, 0.2) is 0 Å². The summed E-state index contributed by atoms with van der Waals surface area (Å²) in [6.45, 7) is 9.72. The Morgan fingerprint density at radius 3 is 2.68 bits per heavy atom. The van der Waals surface area contributed by atoms with Gasteiger partial charge < -0.3 is 19.2 Å². The summed E-state index contributed by atoms with van der Waals surface area (Å²) in [5.41, 5.74) is 1.15. The van der Waals surface area contributed by atoms with Gasteiger partial charge in [0, 0.05) is 18.6 Å². The van der Waals surface area contributed by atoms with Crippen LogP contribution >= 0.6 is 0 Å². The lowest BCUT2D eigenvalue weighted by Crippen LogP contribution is -2.62. The molecule has 1 N–H and O–H groups in total. The van der Waals surface area contributed by atoms with E-state index in [0.717, 1.165) is 31.8 Å². The highest BCUT2D eigenvalue weighted by Gasteiger charge is 2.67. The first kappa shape index (κ1) is 23.6. The fourth-order valence-corrected chi connectivity index (χ4v) is 9.89. The van der Waals surface area contributed by atoms with E-state index < -0.39 is 5.60 Å². The molecule has 190 valence electrons. The molecule has 4 nitrogen and oxygen atoms in total. The number of furan rings is 1. The number of fused-ring (bicyclic) bond motifs is 5. The Morgan fingerprint density at radius 1 is 1.03 bits per heavy atom. The van der Waals surface area contributed by atoms with Gasteiger partial charge in [-0.15, -0.1) is 0 Å². The molecule has 0 aromatic carbocycles. The van der Waals surface area contributed by atoms with Gasteiger partial charge in [0.1, 0.15) is 0 Å². The molecule has 6 rings (SSSR count). The van der Waals surface area contributed by atoms with E-state index in [-0.39, 0.29) is 5.41 Å². The van der Waals surface area contributed by atoms with Gasteiger partial charge in [-0.2, -0.15) is 0 Å². The van der Waals surface area contributed by atoms with Crippen LogP contribution < -0.4 is 0 Å². The zero-order valence-corrected chi connectivity index (χ0v) is 21.6. The third kappa shape index (κ3) is 3.65. The average molecular weight is 470 g/mol. The molecule has 0 unspecified atom stereocenters. The van der Waals surface area contributed by atoms with Crippen molar-refractivity contribution in [2.45, 2.75) is 109 Å². The van der Waals surface area contributed by atoms with Gasteiger partial charge in [-0.1, -0.05) is 13.8 Å². The van der Waals surface area contributed by atoms with E-state index in [1.165, 1.54) is 83.0 Å². The Kier molecular flexibility index (Phi) is 6.18. The first-order chi connectivity index (χ1) is 16.4. The summed E-state index contributed by atoms with van der Waals surface area (Å²) in [5.74, 6) is 2.34. The molecule has 4 heteroatoms. The summed E-state index contributed by atoms with van der Waals surface area (Å²) >= 11 is 0. The number of aliphatic hydroxyl groups is 1. The Bertz CT molecular complexity index is 834. The van der Waals surface area contributed by atoms with Crippen LogP contribution in [0.2, 0.25) is 0 Å². The molecule has 0 bridgehead atoms. The largest absolute Gasteiger partial charge is 0.472 e. The van der Waals surface area contributed by atoms with Gasteiger partial charge in [0.2, 0.25) is 0 Å². The van der Waals surface area contributed by atoms with Crippen molar-refractivity contribution in [1.29, 1.82) is 0 Å². The molecule has 4 aliphatic carbocycles. The first-order valence-corrected chi connectivity index (χ1v) is 14.5. The predicted octanol–water partition coefficient (Wildman–Crippen LogP) is 6.39. The number of hydrogen-bond acceptors (Lipinski definition) is 4. The van der Waals surface area contributed by atoms with E-state index in [0.29, 0.717) is 29.3 Å². The summed E-state index contributed by atoms with van der Waals surface area (Å²) in [4.78, 5) is 2.60. The van der Waals surface area contributed by atoms with Gasteiger partial charge in [0.25, 0.3) is 0 Å². The summed E-state index contributed by atoms with van der Waals surface area (Å²) in [6.07, 6.45) is 18.9. The van der Waals surface area contributed by atoms with Crippen LogP contribution in [0.3, 0.4) is 0 Å².